The number of nitrogens with zero attached hydrogens (tertiary/aromatic N) is 1. The molecule has 1 aromatic carbocycles. The average Bonchev–Trinajstić information content (AvgIpc) is 2.37. The van der Waals surface area contributed by atoms with E-state index in [0.717, 1.165) is 26.2 Å². The molecule has 2 unspecified atom stereocenters. The molecular weight excluding hydrogens is 262 g/mol. The van der Waals surface area contributed by atoms with Crippen molar-refractivity contribution in [3.8, 4) is 0 Å². The summed E-state index contributed by atoms with van der Waals surface area (Å²) in [5.41, 5.74) is 1.30. The lowest BCUT2D eigenvalue weighted by atomic mass is 9.88. The SMILES string of the molecule is CC(CN(C)Cc1ccccc1)NC(=O)C(C)C1CNC1. The van der Waals surface area contributed by atoms with Crippen molar-refractivity contribution in [2.24, 2.45) is 11.8 Å². The number of benzene rings is 1. The van der Waals surface area contributed by atoms with Crippen LogP contribution in [0.1, 0.15) is 19.4 Å². The van der Waals surface area contributed by atoms with E-state index in [1.165, 1.54) is 5.56 Å². The van der Waals surface area contributed by atoms with E-state index in [1.807, 2.05) is 13.0 Å². The van der Waals surface area contributed by atoms with Crippen molar-refractivity contribution < 1.29 is 4.79 Å². The Hall–Kier alpha value is -1.39. The van der Waals surface area contributed by atoms with E-state index in [4.69, 9.17) is 0 Å². The molecule has 1 heterocycles. The van der Waals surface area contributed by atoms with E-state index >= 15 is 0 Å². The zero-order chi connectivity index (χ0) is 15.2. The summed E-state index contributed by atoms with van der Waals surface area (Å²) < 4.78 is 0. The molecule has 21 heavy (non-hydrogen) atoms. The molecule has 2 atom stereocenters. The lowest BCUT2D eigenvalue weighted by Gasteiger charge is -2.32. The number of carbonyl (C=O) groups is 1. The number of hydrogen-bond donors (Lipinski definition) is 2. The van der Waals surface area contributed by atoms with Crippen LogP contribution in [-0.4, -0.2) is 43.5 Å². The number of nitrogens with one attached hydrogen (secondary N) is 2. The largest absolute Gasteiger partial charge is 0.352 e. The molecule has 1 aliphatic rings. The van der Waals surface area contributed by atoms with Gasteiger partial charge in [0.1, 0.15) is 0 Å². The van der Waals surface area contributed by atoms with Crippen LogP contribution in [0.5, 0.6) is 0 Å². The summed E-state index contributed by atoms with van der Waals surface area (Å²) >= 11 is 0. The van der Waals surface area contributed by atoms with E-state index in [0.29, 0.717) is 5.92 Å². The molecule has 1 aromatic rings. The second kappa shape index (κ2) is 7.57. The Morgan fingerprint density at radius 1 is 1.33 bits per heavy atom. The molecule has 0 radical (unpaired) electrons. The van der Waals surface area contributed by atoms with Crippen molar-refractivity contribution >= 4 is 5.91 Å². The summed E-state index contributed by atoms with van der Waals surface area (Å²) in [5, 5.41) is 6.36. The first-order chi connectivity index (χ1) is 10.1. The quantitative estimate of drug-likeness (QED) is 0.799. The lowest BCUT2D eigenvalue weighted by molar-refractivity contribution is -0.127. The topological polar surface area (TPSA) is 44.4 Å². The minimum Gasteiger partial charge on any atom is -0.352 e. The highest BCUT2D eigenvalue weighted by molar-refractivity contribution is 5.79. The molecule has 0 aliphatic carbocycles. The van der Waals surface area contributed by atoms with Gasteiger partial charge >= 0.3 is 0 Å². The van der Waals surface area contributed by atoms with Gasteiger partial charge in [-0.15, -0.1) is 0 Å². The van der Waals surface area contributed by atoms with Crippen molar-refractivity contribution in [2.45, 2.75) is 26.4 Å². The number of carbonyl (C=O) groups excluding carboxylic acids is 1. The maximum absolute atomic E-state index is 12.2. The van der Waals surface area contributed by atoms with Crippen LogP contribution in [-0.2, 0) is 11.3 Å². The van der Waals surface area contributed by atoms with Gasteiger partial charge in [0.2, 0.25) is 5.91 Å². The zero-order valence-corrected chi connectivity index (χ0v) is 13.3. The Balaban J connectivity index is 1.73. The first-order valence-corrected chi connectivity index (χ1v) is 7.80. The molecule has 2 rings (SSSR count). The molecular formula is C17H27N3O. The van der Waals surface area contributed by atoms with Gasteiger partial charge in [0.05, 0.1) is 0 Å². The first-order valence-electron chi connectivity index (χ1n) is 7.80. The third kappa shape index (κ3) is 4.83. The highest BCUT2D eigenvalue weighted by Gasteiger charge is 2.29. The van der Waals surface area contributed by atoms with Crippen molar-refractivity contribution in [1.82, 2.24) is 15.5 Å². The fraction of sp³-hybridized carbons (Fsp3) is 0.588. The molecule has 2 N–H and O–H groups in total. The molecule has 1 amide bonds. The summed E-state index contributed by atoms with van der Waals surface area (Å²) in [6.07, 6.45) is 0. The minimum atomic E-state index is 0.105. The monoisotopic (exact) mass is 289 g/mol. The van der Waals surface area contributed by atoms with Gasteiger partial charge in [-0.1, -0.05) is 37.3 Å². The van der Waals surface area contributed by atoms with Crippen LogP contribution >= 0.6 is 0 Å². The predicted molar refractivity (Wildman–Crippen MR) is 85.9 cm³/mol. The van der Waals surface area contributed by atoms with Crippen molar-refractivity contribution in [3.63, 3.8) is 0 Å². The van der Waals surface area contributed by atoms with Gasteiger partial charge in [-0.3, -0.25) is 4.79 Å². The van der Waals surface area contributed by atoms with Gasteiger partial charge < -0.3 is 15.5 Å². The smallest absolute Gasteiger partial charge is 0.223 e. The van der Waals surface area contributed by atoms with Gasteiger partial charge in [0.15, 0.2) is 0 Å². The third-order valence-electron chi connectivity index (χ3n) is 4.20. The molecule has 1 saturated heterocycles. The van der Waals surface area contributed by atoms with Gasteiger partial charge in [0.25, 0.3) is 0 Å². The molecule has 1 fully saturated rings. The highest BCUT2D eigenvalue weighted by atomic mass is 16.1. The number of amides is 1. The first kappa shape index (κ1) is 16.0. The predicted octanol–water partition coefficient (Wildman–Crippen LogP) is 1.48. The van der Waals surface area contributed by atoms with E-state index in [2.05, 4.69) is 53.8 Å². The number of likely N-dealkylation sites (N-methyl/N-ethyl adjacent to an activating group) is 1. The fourth-order valence-electron chi connectivity index (χ4n) is 2.73. The standard InChI is InChI=1S/C17H27N3O/c1-13(19-17(21)14(2)16-9-18-10-16)11-20(3)12-15-7-5-4-6-8-15/h4-8,13-14,16,18H,9-12H2,1-3H3,(H,19,21). The molecule has 0 aromatic heterocycles. The number of hydrogen-bond acceptors (Lipinski definition) is 3. The average molecular weight is 289 g/mol. The van der Waals surface area contributed by atoms with E-state index in [1.54, 1.807) is 0 Å². The fourth-order valence-corrected chi connectivity index (χ4v) is 2.73. The van der Waals surface area contributed by atoms with Crippen LogP contribution < -0.4 is 10.6 Å². The third-order valence-corrected chi connectivity index (χ3v) is 4.20. The highest BCUT2D eigenvalue weighted by Crippen LogP contribution is 2.16. The summed E-state index contributed by atoms with van der Waals surface area (Å²) in [4.78, 5) is 14.4. The van der Waals surface area contributed by atoms with E-state index < -0.39 is 0 Å². The Bertz CT molecular complexity index is 445. The molecule has 116 valence electrons. The van der Waals surface area contributed by atoms with Crippen molar-refractivity contribution in [1.29, 1.82) is 0 Å². The maximum atomic E-state index is 12.2. The Kier molecular flexibility index (Phi) is 5.76. The van der Waals surface area contributed by atoms with Crippen LogP contribution in [0.3, 0.4) is 0 Å². The van der Waals surface area contributed by atoms with E-state index in [-0.39, 0.29) is 17.9 Å². The lowest BCUT2D eigenvalue weighted by Crippen LogP contribution is -2.51. The Labute approximate surface area is 127 Å². The molecule has 0 bridgehead atoms. The van der Waals surface area contributed by atoms with Gasteiger partial charge in [-0.2, -0.15) is 0 Å². The second-order valence-electron chi connectivity index (χ2n) is 6.30. The van der Waals surface area contributed by atoms with Gasteiger partial charge in [-0.25, -0.2) is 0 Å². The molecule has 1 aliphatic heterocycles. The Morgan fingerprint density at radius 3 is 2.57 bits per heavy atom. The zero-order valence-electron chi connectivity index (χ0n) is 13.3. The van der Waals surface area contributed by atoms with Crippen LogP contribution in [0, 0.1) is 11.8 Å². The van der Waals surface area contributed by atoms with Gasteiger partial charge in [-0.05, 0) is 38.5 Å². The molecule has 0 spiro atoms. The second-order valence-corrected chi connectivity index (χ2v) is 6.30. The molecule has 4 nitrogen and oxygen atoms in total. The molecule has 4 heteroatoms. The van der Waals surface area contributed by atoms with Gasteiger partial charge in [0, 0.05) is 25.0 Å². The van der Waals surface area contributed by atoms with Crippen LogP contribution in [0.15, 0.2) is 30.3 Å². The van der Waals surface area contributed by atoms with Crippen LogP contribution in [0.4, 0.5) is 0 Å². The number of rotatable bonds is 7. The van der Waals surface area contributed by atoms with E-state index in [9.17, 15) is 4.79 Å². The van der Waals surface area contributed by atoms with Crippen LogP contribution in [0.2, 0.25) is 0 Å². The normalized spacial score (nSPS) is 18.1. The summed E-state index contributed by atoms with van der Waals surface area (Å²) in [6, 6.07) is 10.6. The molecule has 0 saturated carbocycles. The Morgan fingerprint density at radius 2 is 2.00 bits per heavy atom. The van der Waals surface area contributed by atoms with Crippen molar-refractivity contribution in [3.05, 3.63) is 35.9 Å². The van der Waals surface area contributed by atoms with Crippen molar-refractivity contribution in [2.75, 3.05) is 26.7 Å². The maximum Gasteiger partial charge on any atom is 0.223 e. The summed E-state index contributed by atoms with van der Waals surface area (Å²) in [7, 11) is 2.09. The minimum absolute atomic E-state index is 0.105. The van der Waals surface area contributed by atoms with Crippen LogP contribution in [0.25, 0.3) is 0 Å². The summed E-state index contributed by atoms with van der Waals surface area (Å²) in [6.45, 7) is 7.81. The summed E-state index contributed by atoms with van der Waals surface area (Å²) in [5.74, 6) is 0.787.